The molecule has 0 unspecified atom stereocenters. The standard InChI is InChI=1S/C15H17FIN3S/c1-3-8-18-15-14(17)10(2)19-13(20-15)9-21-12-7-5-4-6-11(12)16/h4-7H,3,8-9H2,1-2H3,(H,18,19,20). The van der Waals surface area contributed by atoms with Crippen LogP contribution in [0.25, 0.3) is 0 Å². The molecule has 112 valence electrons. The number of aromatic nitrogens is 2. The lowest BCUT2D eigenvalue weighted by Gasteiger charge is -2.10. The van der Waals surface area contributed by atoms with E-state index < -0.39 is 0 Å². The van der Waals surface area contributed by atoms with E-state index in [0.717, 1.165) is 33.9 Å². The molecule has 1 N–H and O–H groups in total. The summed E-state index contributed by atoms with van der Waals surface area (Å²) < 4.78 is 14.6. The Bertz CT molecular complexity index is 622. The number of aryl methyl sites for hydroxylation is 1. The fraction of sp³-hybridized carbons (Fsp3) is 0.333. The minimum absolute atomic E-state index is 0.200. The van der Waals surface area contributed by atoms with Crippen LogP contribution >= 0.6 is 34.4 Å². The second-order valence-electron chi connectivity index (χ2n) is 4.53. The second-order valence-corrected chi connectivity index (χ2v) is 6.63. The van der Waals surface area contributed by atoms with E-state index in [0.29, 0.717) is 10.6 Å². The Hall–Kier alpha value is -0.890. The van der Waals surface area contributed by atoms with Gasteiger partial charge in [-0.15, -0.1) is 11.8 Å². The van der Waals surface area contributed by atoms with E-state index in [1.165, 1.54) is 17.8 Å². The molecule has 0 saturated carbocycles. The third-order valence-corrected chi connectivity index (χ3v) is 5.14. The predicted molar refractivity (Wildman–Crippen MR) is 94.2 cm³/mol. The molecule has 0 spiro atoms. The molecule has 0 fully saturated rings. The van der Waals surface area contributed by atoms with Gasteiger partial charge in [0.25, 0.3) is 0 Å². The van der Waals surface area contributed by atoms with Crippen LogP contribution in [0.5, 0.6) is 0 Å². The van der Waals surface area contributed by atoms with Crippen molar-refractivity contribution >= 4 is 40.2 Å². The molecule has 1 aromatic heterocycles. The summed E-state index contributed by atoms with van der Waals surface area (Å²) in [4.78, 5) is 9.65. The summed E-state index contributed by atoms with van der Waals surface area (Å²) in [6.45, 7) is 4.97. The smallest absolute Gasteiger partial charge is 0.143 e. The molecule has 0 radical (unpaired) electrons. The minimum atomic E-state index is -0.200. The van der Waals surface area contributed by atoms with Gasteiger partial charge in [-0.1, -0.05) is 19.1 Å². The lowest BCUT2D eigenvalue weighted by atomic mass is 10.3. The van der Waals surface area contributed by atoms with E-state index in [1.807, 2.05) is 13.0 Å². The molecule has 0 aliphatic heterocycles. The third-order valence-electron chi connectivity index (χ3n) is 2.80. The highest BCUT2D eigenvalue weighted by atomic mass is 127. The van der Waals surface area contributed by atoms with Gasteiger partial charge in [0.1, 0.15) is 17.5 Å². The number of thioether (sulfide) groups is 1. The zero-order chi connectivity index (χ0) is 15.2. The summed E-state index contributed by atoms with van der Waals surface area (Å²) in [5.41, 5.74) is 0.952. The molecule has 3 nitrogen and oxygen atoms in total. The van der Waals surface area contributed by atoms with Gasteiger partial charge in [-0.05, 0) is 48.1 Å². The van der Waals surface area contributed by atoms with Crippen molar-refractivity contribution in [2.45, 2.75) is 30.9 Å². The van der Waals surface area contributed by atoms with Crippen LogP contribution in [0.4, 0.5) is 10.2 Å². The first-order chi connectivity index (χ1) is 10.1. The van der Waals surface area contributed by atoms with Crippen LogP contribution in [0.3, 0.4) is 0 Å². The van der Waals surface area contributed by atoms with Gasteiger partial charge in [-0.2, -0.15) is 0 Å². The molecule has 0 bridgehead atoms. The van der Waals surface area contributed by atoms with Crippen molar-refractivity contribution in [2.75, 3.05) is 11.9 Å². The van der Waals surface area contributed by atoms with E-state index in [4.69, 9.17) is 0 Å². The van der Waals surface area contributed by atoms with Gasteiger partial charge in [-0.3, -0.25) is 0 Å². The molecule has 6 heteroatoms. The van der Waals surface area contributed by atoms with Crippen molar-refractivity contribution in [1.82, 2.24) is 9.97 Å². The number of anilines is 1. The Balaban J connectivity index is 2.13. The van der Waals surface area contributed by atoms with Gasteiger partial charge < -0.3 is 5.32 Å². The maximum atomic E-state index is 13.6. The quantitative estimate of drug-likeness (QED) is 0.549. The van der Waals surface area contributed by atoms with Gasteiger partial charge >= 0.3 is 0 Å². The Labute approximate surface area is 142 Å². The van der Waals surface area contributed by atoms with Crippen LogP contribution < -0.4 is 5.32 Å². The van der Waals surface area contributed by atoms with Gasteiger partial charge in [-0.25, -0.2) is 14.4 Å². The van der Waals surface area contributed by atoms with Crippen molar-refractivity contribution in [3.05, 3.63) is 45.2 Å². The van der Waals surface area contributed by atoms with Crippen molar-refractivity contribution in [1.29, 1.82) is 0 Å². The second kappa shape index (κ2) is 7.93. The summed E-state index contributed by atoms with van der Waals surface area (Å²) >= 11 is 3.67. The van der Waals surface area contributed by atoms with Crippen LogP contribution in [0.2, 0.25) is 0 Å². The van der Waals surface area contributed by atoms with Crippen LogP contribution in [0, 0.1) is 16.3 Å². The highest BCUT2D eigenvalue weighted by Gasteiger charge is 2.10. The Morgan fingerprint density at radius 1 is 1.29 bits per heavy atom. The van der Waals surface area contributed by atoms with Crippen LogP contribution in [-0.4, -0.2) is 16.5 Å². The molecule has 2 aromatic rings. The molecular weight excluding hydrogens is 400 g/mol. The lowest BCUT2D eigenvalue weighted by molar-refractivity contribution is 0.602. The average molecular weight is 417 g/mol. The summed E-state index contributed by atoms with van der Waals surface area (Å²) in [6, 6.07) is 6.77. The summed E-state index contributed by atoms with van der Waals surface area (Å²) in [5.74, 6) is 1.95. The zero-order valence-corrected chi connectivity index (χ0v) is 15.0. The Kier molecular flexibility index (Phi) is 6.22. The van der Waals surface area contributed by atoms with Crippen molar-refractivity contribution in [3.8, 4) is 0 Å². The van der Waals surface area contributed by atoms with E-state index in [-0.39, 0.29) is 5.82 Å². The highest BCUT2D eigenvalue weighted by Crippen LogP contribution is 2.26. The largest absolute Gasteiger partial charge is 0.369 e. The molecule has 0 aliphatic rings. The zero-order valence-electron chi connectivity index (χ0n) is 12.0. The number of benzene rings is 1. The highest BCUT2D eigenvalue weighted by molar-refractivity contribution is 14.1. The van der Waals surface area contributed by atoms with E-state index in [1.54, 1.807) is 12.1 Å². The molecule has 0 atom stereocenters. The summed E-state index contributed by atoms with van der Waals surface area (Å²) in [7, 11) is 0. The molecule has 0 amide bonds. The molecule has 1 heterocycles. The SMILES string of the molecule is CCCNc1nc(CSc2ccccc2F)nc(C)c1I. The number of hydrogen-bond donors (Lipinski definition) is 1. The molecule has 0 saturated heterocycles. The maximum Gasteiger partial charge on any atom is 0.143 e. The van der Waals surface area contributed by atoms with Crippen molar-refractivity contribution in [2.24, 2.45) is 0 Å². The Morgan fingerprint density at radius 2 is 2.05 bits per heavy atom. The Morgan fingerprint density at radius 3 is 2.76 bits per heavy atom. The topological polar surface area (TPSA) is 37.8 Å². The molecule has 1 aromatic carbocycles. The van der Waals surface area contributed by atoms with Crippen molar-refractivity contribution in [3.63, 3.8) is 0 Å². The fourth-order valence-corrected chi connectivity index (χ4v) is 2.97. The molecular formula is C15H17FIN3S. The normalized spacial score (nSPS) is 10.7. The first-order valence-electron chi connectivity index (χ1n) is 6.76. The predicted octanol–water partition coefficient (Wildman–Crippen LogP) is 4.64. The first-order valence-corrected chi connectivity index (χ1v) is 8.82. The molecule has 21 heavy (non-hydrogen) atoms. The average Bonchev–Trinajstić information content (AvgIpc) is 2.48. The number of nitrogens with zero attached hydrogens (tertiary/aromatic N) is 2. The van der Waals surface area contributed by atoms with Crippen LogP contribution in [0.1, 0.15) is 24.9 Å². The van der Waals surface area contributed by atoms with Gasteiger partial charge in [0.05, 0.1) is 15.0 Å². The molecule has 0 aliphatic carbocycles. The monoisotopic (exact) mass is 417 g/mol. The van der Waals surface area contributed by atoms with Gasteiger partial charge in [0, 0.05) is 11.4 Å². The first kappa shape index (κ1) is 16.5. The minimum Gasteiger partial charge on any atom is -0.369 e. The summed E-state index contributed by atoms with van der Waals surface area (Å²) in [6.07, 6.45) is 1.04. The number of halogens is 2. The number of hydrogen-bond acceptors (Lipinski definition) is 4. The van der Waals surface area contributed by atoms with Crippen LogP contribution in [0.15, 0.2) is 29.2 Å². The van der Waals surface area contributed by atoms with Crippen molar-refractivity contribution < 1.29 is 4.39 Å². The maximum absolute atomic E-state index is 13.6. The van der Waals surface area contributed by atoms with E-state index >= 15 is 0 Å². The van der Waals surface area contributed by atoms with Gasteiger partial charge in [0.15, 0.2) is 0 Å². The fourth-order valence-electron chi connectivity index (χ4n) is 1.75. The lowest BCUT2D eigenvalue weighted by Crippen LogP contribution is -2.08. The van der Waals surface area contributed by atoms with E-state index in [9.17, 15) is 4.39 Å². The molecule has 2 rings (SSSR count). The summed E-state index contributed by atoms with van der Waals surface area (Å²) in [5, 5.41) is 3.31. The van der Waals surface area contributed by atoms with E-state index in [2.05, 4.69) is 44.8 Å². The number of nitrogens with one attached hydrogen (secondary N) is 1. The third kappa shape index (κ3) is 4.54. The van der Waals surface area contributed by atoms with Gasteiger partial charge in [0.2, 0.25) is 0 Å². The number of rotatable bonds is 6. The van der Waals surface area contributed by atoms with Crippen LogP contribution in [-0.2, 0) is 5.75 Å².